The maximum atomic E-state index is 13.8. The molecule has 0 aliphatic rings. The number of methoxy groups -OCH3 is 1. The Morgan fingerprint density at radius 2 is 2.10 bits per heavy atom. The lowest BCUT2D eigenvalue weighted by molar-refractivity contribution is -0.124. The van der Waals surface area contributed by atoms with Crippen LogP contribution in [0, 0.1) is 12.7 Å². The van der Waals surface area contributed by atoms with E-state index in [-0.39, 0.29) is 16.8 Å². The average molecular weight is 298 g/mol. The third-order valence-electron chi connectivity index (χ3n) is 2.68. The molecule has 0 aliphatic carbocycles. The van der Waals surface area contributed by atoms with E-state index in [0.717, 1.165) is 0 Å². The minimum absolute atomic E-state index is 0.242. The number of benzene rings is 1. The van der Waals surface area contributed by atoms with Gasteiger partial charge in [-0.15, -0.1) is 0 Å². The fourth-order valence-corrected chi connectivity index (χ4v) is 1.65. The summed E-state index contributed by atoms with van der Waals surface area (Å²) in [7, 11) is 1.56. The predicted octanol–water partition coefficient (Wildman–Crippen LogP) is 1.03. The predicted molar refractivity (Wildman–Crippen MR) is 75.3 cm³/mol. The fourth-order valence-electron chi connectivity index (χ4n) is 1.65. The van der Waals surface area contributed by atoms with Crippen LogP contribution in [0.1, 0.15) is 22.3 Å². The van der Waals surface area contributed by atoms with Crippen molar-refractivity contribution in [3.05, 3.63) is 29.1 Å². The van der Waals surface area contributed by atoms with Gasteiger partial charge in [-0.3, -0.25) is 4.79 Å². The summed E-state index contributed by atoms with van der Waals surface area (Å²) >= 11 is 0. The second kappa shape index (κ2) is 8.21. The van der Waals surface area contributed by atoms with E-state index >= 15 is 0 Å². The Bertz CT molecular complexity index is 520. The number of aryl methyl sites for hydroxylation is 1. The van der Waals surface area contributed by atoms with Crippen molar-refractivity contribution in [1.29, 1.82) is 0 Å². The Balaban J connectivity index is 2.49. The van der Waals surface area contributed by atoms with E-state index in [4.69, 9.17) is 15.2 Å². The third kappa shape index (κ3) is 5.39. The molecule has 0 aliphatic heterocycles. The number of carbonyl (C=O) groups is 2. The molecule has 0 heterocycles. The van der Waals surface area contributed by atoms with E-state index in [2.05, 4.69) is 5.32 Å². The van der Waals surface area contributed by atoms with Gasteiger partial charge in [-0.1, -0.05) is 0 Å². The minimum Gasteiger partial charge on any atom is -0.452 e. The van der Waals surface area contributed by atoms with Crippen LogP contribution in [0.3, 0.4) is 0 Å². The van der Waals surface area contributed by atoms with Crippen molar-refractivity contribution in [3.63, 3.8) is 0 Å². The maximum absolute atomic E-state index is 13.8. The summed E-state index contributed by atoms with van der Waals surface area (Å²) in [5.41, 5.74) is 5.77. The van der Waals surface area contributed by atoms with Gasteiger partial charge in [-0.25, -0.2) is 9.18 Å². The number of amides is 1. The first kappa shape index (κ1) is 16.9. The molecule has 3 N–H and O–H groups in total. The standard InChI is InChI=1S/C14H19FN2O4/c1-9-6-10(16)7-11(13(9)15)14(19)21-8-12(18)17-4-3-5-20-2/h6-7H,3-5,8,16H2,1-2H3,(H,17,18). The van der Waals surface area contributed by atoms with Gasteiger partial charge in [0.25, 0.3) is 5.91 Å². The summed E-state index contributed by atoms with van der Waals surface area (Å²) in [6.07, 6.45) is 0.652. The van der Waals surface area contributed by atoms with Gasteiger partial charge in [-0.2, -0.15) is 0 Å². The molecule has 6 nitrogen and oxygen atoms in total. The van der Waals surface area contributed by atoms with Crippen molar-refractivity contribution in [1.82, 2.24) is 5.32 Å². The minimum atomic E-state index is -0.921. The average Bonchev–Trinajstić information content (AvgIpc) is 2.44. The number of nitrogens with one attached hydrogen (secondary N) is 1. The van der Waals surface area contributed by atoms with Crippen LogP contribution in [0.5, 0.6) is 0 Å². The van der Waals surface area contributed by atoms with E-state index in [9.17, 15) is 14.0 Å². The lowest BCUT2D eigenvalue weighted by Crippen LogP contribution is -2.30. The van der Waals surface area contributed by atoms with Gasteiger partial charge >= 0.3 is 5.97 Å². The molecular weight excluding hydrogens is 279 g/mol. The molecule has 0 fully saturated rings. The SMILES string of the molecule is COCCCNC(=O)COC(=O)c1cc(N)cc(C)c1F. The van der Waals surface area contributed by atoms with Crippen molar-refractivity contribution >= 4 is 17.6 Å². The molecule has 0 aromatic heterocycles. The van der Waals surface area contributed by atoms with E-state index in [1.165, 1.54) is 19.1 Å². The molecule has 116 valence electrons. The molecule has 1 amide bonds. The molecule has 1 aromatic carbocycles. The van der Waals surface area contributed by atoms with Gasteiger partial charge in [0, 0.05) is 25.9 Å². The summed E-state index contributed by atoms with van der Waals surface area (Å²) < 4.78 is 23.4. The number of rotatable bonds is 7. The number of ether oxygens (including phenoxy) is 2. The van der Waals surface area contributed by atoms with Gasteiger partial charge in [0.15, 0.2) is 6.61 Å². The topological polar surface area (TPSA) is 90.6 Å². The molecule has 21 heavy (non-hydrogen) atoms. The van der Waals surface area contributed by atoms with E-state index in [1.54, 1.807) is 7.11 Å². The summed E-state index contributed by atoms with van der Waals surface area (Å²) in [6.45, 7) is 1.95. The number of anilines is 1. The number of hydrogen-bond donors (Lipinski definition) is 2. The van der Waals surface area contributed by atoms with Crippen molar-refractivity contribution in [2.24, 2.45) is 0 Å². The molecule has 0 unspecified atom stereocenters. The highest BCUT2D eigenvalue weighted by Gasteiger charge is 2.17. The van der Waals surface area contributed by atoms with Gasteiger partial charge in [0.2, 0.25) is 0 Å². The quantitative estimate of drug-likeness (QED) is 0.446. The molecule has 7 heteroatoms. The highest BCUT2D eigenvalue weighted by atomic mass is 19.1. The molecule has 0 radical (unpaired) electrons. The van der Waals surface area contributed by atoms with Gasteiger partial charge in [0.1, 0.15) is 5.82 Å². The monoisotopic (exact) mass is 298 g/mol. The van der Waals surface area contributed by atoms with Crippen LogP contribution in [0.4, 0.5) is 10.1 Å². The Morgan fingerprint density at radius 1 is 1.38 bits per heavy atom. The smallest absolute Gasteiger partial charge is 0.341 e. The Labute approximate surface area is 122 Å². The fraction of sp³-hybridized carbons (Fsp3) is 0.429. The summed E-state index contributed by atoms with van der Waals surface area (Å²) in [5, 5.41) is 2.55. The van der Waals surface area contributed by atoms with Gasteiger partial charge < -0.3 is 20.5 Å². The molecule has 0 atom stereocenters. The normalized spacial score (nSPS) is 10.2. The van der Waals surface area contributed by atoms with Gasteiger partial charge in [0.05, 0.1) is 5.56 Å². The largest absolute Gasteiger partial charge is 0.452 e. The first-order chi connectivity index (χ1) is 9.95. The molecule has 0 bridgehead atoms. The van der Waals surface area contributed by atoms with Crippen LogP contribution in [-0.4, -0.2) is 38.7 Å². The molecular formula is C14H19FN2O4. The Hall–Kier alpha value is -2.15. The highest BCUT2D eigenvalue weighted by molar-refractivity contribution is 5.92. The number of halogens is 1. The molecule has 0 spiro atoms. The summed E-state index contributed by atoms with van der Waals surface area (Å²) in [4.78, 5) is 23.1. The number of nitrogens with two attached hydrogens (primary N) is 1. The lowest BCUT2D eigenvalue weighted by atomic mass is 10.1. The molecule has 0 saturated heterocycles. The zero-order valence-corrected chi connectivity index (χ0v) is 12.1. The second-order valence-electron chi connectivity index (χ2n) is 4.47. The van der Waals surface area contributed by atoms with Crippen LogP contribution in [-0.2, 0) is 14.3 Å². The van der Waals surface area contributed by atoms with Crippen LogP contribution in [0.2, 0.25) is 0 Å². The highest BCUT2D eigenvalue weighted by Crippen LogP contribution is 2.17. The molecule has 1 rings (SSSR count). The number of carbonyl (C=O) groups excluding carboxylic acids is 2. The van der Waals surface area contributed by atoms with E-state index in [1.807, 2.05) is 0 Å². The van der Waals surface area contributed by atoms with Crippen LogP contribution in [0.25, 0.3) is 0 Å². The molecule has 0 saturated carbocycles. The van der Waals surface area contributed by atoms with Crippen molar-refractivity contribution in [3.8, 4) is 0 Å². The summed E-state index contributed by atoms with van der Waals surface area (Å²) in [6, 6.07) is 2.59. The van der Waals surface area contributed by atoms with Crippen LogP contribution in [0.15, 0.2) is 12.1 Å². The van der Waals surface area contributed by atoms with Gasteiger partial charge in [-0.05, 0) is 31.0 Å². The second-order valence-corrected chi connectivity index (χ2v) is 4.47. The van der Waals surface area contributed by atoms with Crippen LogP contribution >= 0.6 is 0 Å². The van der Waals surface area contributed by atoms with Crippen molar-refractivity contribution in [2.75, 3.05) is 32.6 Å². The zero-order valence-electron chi connectivity index (χ0n) is 12.1. The number of esters is 1. The summed E-state index contributed by atoms with van der Waals surface area (Å²) in [5.74, 6) is -2.08. The molecule has 1 aromatic rings. The number of nitrogen functional groups attached to an aromatic ring is 1. The zero-order chi connectivity index (χ0) is 15.8. The number of hydrogen-bond acceptors (Lipinski definition) is 5. The van der Waals surface area contributed by atoms with Crippen molar-refractivity contribution < 1.29 is 23.5 Å². The lowest BCUT2D eigenvalue weighted by Gasteiger charge is -2.08. The Kier molecular flexibility index (Phi) is 6.61. The first-order valence-corrected chi connectivity index (χ1v) is 6.44. The van der Waals surface area contributed by atoms with E-state index in [0.29, 0.717) is 19.6 Å². The van der Waals surface area contributed by atoms with E-state index < -0.39 is 24.3 Å². The third-order valence-corrected chi connectivity index (χ3v) is 2.68. The van der Waals surface area contributed by atoms with Crippen LogP contribution < -0.4 is 11.1 Å². The first-order valence-electron chi connectivity index (χ1n) is 6.44. The Morgan fingerprint density at radius 3 is 2.76 bits per heavy atom. The van der Waals surface area contributed by atoms with Crippen molar-refractivity contribution in [2.45, 2.75) is 13.3 Å². The maximum Gasteiger partial charge on any atom is 0.341 e.